The number of benzene rings is 1. The monoisotopic (exact) mass is 263 g/mol. The quantitative estimate of drug-likeness (QED) is 0.496. The van der Waals surface area contributed by atoms with Crippen LogP contribution in [0.2, 0.25) is 5.02 Å². The van der Waals surface area contributed by atoms with Crippen molar-refractivity contribution in [2.75, 3.05) is 7.05 Å². The lowest BCUT2D eigenvalue weighted by Gasteiger charge is -2.08. The third kappa shape index (κ3) is 2.68. The van der Waals surface area contributed by atoms with Crippen molar-refractivity contribution in [3.8, 4) is 0 Å². The number of amidine groups is 1. The van der Waals surface area contributed by atoms with Crippen LogP contribution in [0.3, 0.4) is 0 Å². The van der Waals surface area contributed by atoms with Gasteiger partial charge in [0.05, 0.1) is 10.7 Å². The van der Waals surface area contributed by atoms with Crippen LogP contribution < -0.4 is 10.9 Å². The van der Waals surface area contributed by atoms with Crippen molar-refractivity contribution in [3.05, 3.63) is 28.8 Å². The van der Waals surface area contributed by atoms with Crippen molar-refractivity contribution in [1.29, 1.82) is 0 Å². The Kier molecular flexibility index (Phi) is 3.27. The molecule has 0 aromatic heterocycles. The lowest BCUT2D eigenvalue weighted by molar-refractivity contribution is 0.746. The van der Waals surface area contributed by atoms with Crippen LogP contribution in [0.1, 0.15) is 37.2 Å². The van der Waals surface area contributed by atoms with E-state index in [1.807, 2.05) is 13.1 Å². The van der Waals surface area contributed by atoms with Crippen LogP contribution >= 0.6 is 11.6 Å². The van der Waals surface area contributed by atoms with Gasteiger partial charge in [0.15, 0.2) is 0 Å². The molecule has 18 heavy (non-hydrogen) atoms. The standard InChI is InChI=1S/C14H18ClN3/c1-16-18-14(10-4-5-10)17-13-7-6-11(8-12(13)15)9-2-3-9/h6-10,16H,2-5H2,1H3,(H,17,18). The molecule has 4 heteroatoms. The van der Waals surface area contributed by atoms with E-state index in [1.54, 1.807) is 0 Å². The third-order valence-corrected chi connectivity index (χ3v) is 3.78. The number of hydrogen-bond donors (Lipinski definition) is 2. The van der Waals surface area contributed by atoms with Gasteiger partial charge in [0.1, 0.15) is 5.84 Å². The van der Waals surface area contributed by atoms with E-state index in [1.165, 1.54) is 31.2 Å². The van der Waals surface area contributed by atoms with Crippen LogP contribution in [-0.2, 0) is 0 Å². The van der Waals surface area contributed by atoms with Crippen molar-refractivity contribution in [3.63, 3.8) is 0 Å². The number of aliphatic imine (C=N–C) groups is 1. The molecule has 0 radical (unpaired) electrons. The molecule has 0 aliphatic heterocycles. The Bertz CT molecular complexity index is 476. The highest BCUT2D eigenvalue weighted by Crippen LogP contribution is 2.42. The number of halogens is 1. The summed E-state index contributed by atoms with van der Waals surface area (Å²) < 4.78 is 0. The Balaban J connectivity index is 1.83. The molecule has 1 aromatic rings. The summed E-state index contributed by atoms with van der Waals surface area (Å²) in [6.07, 6.45) is 5.03. The van der Waals surface area contributed by atoms with Crippen LogP contribution in [0.15, 0.2) is 23.2 Å². The largest absolute Gasteiger partial charge is 0.309 e. The smallest absolute Gasteiger partial charge is 0.120 e. The molecule has 2 saturated carbocycles. The Morgan fingerprint density at radius 2 is 2.06 bits per heavy atom. The molecule has 1 aromatic carbocycles. The Morgan fingerprint density at radius 1 is 1.28 bits per heavy atom. The predicted molar refractivity (Wildman–Crippen MR) is 75.4 cm³/mol. The van der Waals surface area contributed by atoms with Crippen LogP contribution in [0.4, 0.5) is 5.69 Å². The van der Waals surface area contributed by atoms with Gasteiger partial charge in [-0.25, -0.2) is 10.4 Å². The lowest BCUT2D eigenvalue weighted by Crippen LogP contribution is -2.35. The summed E-state index contributed by atoms with van der Waals surface area (Å²) >= 11 is 6.32. The maximum Gasteiger partial charge on any atom is 0.120 e. The highest BCUT2D eigenvalue weighted by molar-refractivity contribution is 6.33. The zero-order valence-electron chi connectivity index (χ0n) is 10.5. The van der Waals surface area contributed by atoms with Gasteiger partial charge >= 0.3 is 0 Å². The second-order valence-electron chi connectivity index (χ2n) is 5.13. The molecule has 0 spiro atoms. The van der Waals surface area contributed by atoms with E-state index >= 15 is 0 Å². The summed E-state index contributed by atoms with van der Waals surface area (Å²) in [7, 11) is 1.86. The number of hydrogen-bond acceptors (Lipinski definition) is 2. The Morgan fingerprint density at radius 3 is 2.61 bits per heavy atom. The van der Waals surface area contributed by atoms with Crippen LogP contribution in [0.5, 0.6) is 0 Å². The first kappa shape index (κ1) is 12.0. The van der Waals surface area contributed by atoms with Crippen LogP contribution in [0.25, 0.3) is 0 Å². The molecule has 0 atom stereocenters. The van der Waals surface area contributed by atoms with E-state index in [0.29, 0.717) is 5.92 Å². The lowest BCUT2D eigenvalue weighted by atomic mass is 10.1. The normalized spacial score (nSPS) is 20.0. The molecule has 0 bridgehead atoms. The van der Waals surface area contributed by atoms with E-state index in [0.717, 1.165) is 22.5 Å². The van der Waals surface area contributed by atoms with Crippen LogP contribution in [0, 0.1) is 5.92 Å². The van der Waals surface area contributed by atoms with Crippen molar-refractivity contribution < 1.29 is 0 Å². The topological polar surface area (TPSA) is 36.4 Å². The van der Waals surface area contributed by atoms with Gasteiger partial charge in [-0.1, -0.05) is 17.7 Å². The van der Waals surface area contributed by atoms with Gasteiger partial charge in [-0.05, 0) is 49.3 Å². The molecule has 3 nitrogen and oxygen atoms in total. The van der Waals surface area contributed by atoms with Gasteiger partial charge in [0, 0.05) is 13.0 Å². The van der Waals surface area contributed by atoms with E-state index < -0.39 is 0 Å². The third-order valence-electron chi connectivity index (χ3n) is 3.48. The fourth-order valence-corrected chi connectivity index (χ4v) is 2.35. The average molecular weight is 264 g/mol. The van der Waals surface area contributed by atoms with Crippen LogP contribution in [-0.4, -0.2) is 12.9 Å². The minimum absolute atomic E-state index is 0.566. The molecule has 0 saturated heterocycles. The summed E-state index contributed by atoms with van der Waals surface area (Å²) in [5, 5.41) is 0.760. The average Bonchev–Trinajstić information content (AvgIpc) is 3.23. The van der Waals surface area contributed by atoms with Gasteiger partial charge in [-0.15, -0.1) is 0 Å². The molecule has 96 valence electrons. The van der Waals surface area contributed by atoms with Crippen molar-refractivity contribution >= 4 is 23.1 Å². The maximum absolute atomic E-state index is 6.32. The first-order valence-corrected chi connectivity index (χ1v) is 6.96. The Hall–Kier alpha value is -1.06. The predicted octanol–water partition coefficient (Wildman–Crippen LogP) is 3.38. The minimum Gasteiger partial charge on any atom is -0.309 e. The highest BCUT2D eigenvalue weighted by Gasteiger charge is 2.28. The van der Waals surface area contributed by atoms with E-state index in [9.17, 15) is 0 Å². The number of rotatable bonds is 4. The molecular weight excluding hydrogens is 246 g/mol. The zero-order valence-corrected chi connectivity index (χ0v) is 11.3. The van der Waals surface area contributed by atoms with E-state index in [2.05, 4.69) is 28.0 Å². The summed E-state index contributed by atoms with van der Waals surface area (Å²) in [6.45, 7) is 0. The molecule has 2 aliphatic rings. The molecule has 0 amide bonds. The van der Waals surface area contributed by atoms with Crippen molar-refractivity contribution in [2.45, 2.75) is 31.6 Å². The van der Waals surface area contributed by atoms with Crippen molar-refractivity contribution in [2.24, 2.45) is 10.9 Å². The Labute approximate surface area is 113 Å². The van der Waals surface area contributed by atoms with E-state index in [4.69, 9.17) is 11.6 Å². The van der Waals surface area contributed by atoms with Gasteiger partial charge in [-0.3, -0.25) is 0 Å². The first-order chi connectivity index (χ1) is 8.78. The first-order valence-electron chi connectivity index (χ1n) is 6.58. The molecule has 3 rings (SSSR count). The maximum atomic E-state index is 6.32. The van der Waals surface area contributed by atoms with Gasteiger partial charge in [0.2, 0.25) is 0 Å². The highest BCUT2D eigenvalue weighted by atomic mass is 35.5. The summed E-state index contributed by atoms with van der Waals surface area (Å²) in [5.41, 5.74) is 8.28. The second kappa shape index (κ2) is 4.90. The minimum atomic E-state index is 0.566. The number of nitrogens with one attached hydrogen (secondary N) is 2. The molecule has 0 unspecified atom stereocenters. The second-order valence-corrected chi connectivity index (χ2v) is 5.54. The fourth-order valence-electron chi connectivity index (χ4n) is 2.12. The summed E-state index contributed by atoms with van der Waals surface area (Å²) in [6, 6.07) is 6.27. The molecule has 2 aliphatic carbocycles. The molecule has 2 fully saturated rings. The molecule has 2 N–H and O–H groups in total. The van der Waals surface area contributed by atoms with Gasteiger partial charge < -0.3 is 5.43 Å². The van der Waals surface area contributed by atoms with E-state index in [-0.39, 0.29) is 0 Å². The number of hydrazine groups is 1. The van der Waals surface area contributed by atoms with Crippen molar-refractivity contribution in [1.82, 2.24) is 10.9 Å². The van der Waals surface area contributed by atoms with Gasteiger partial charge in [-0.2, -0.15) is 0 Å². The van der Waals surface area contributed by atoms with Gasteiger partial charge in [0.25, 0.3) is 0 Å². The fraction of sp³-hybridized carbons (Fsp3) is 0.500. The summed E-state index contributed by atoms with van der Waals surface area (Å²) in [5.74, 6) is 2.30. The summed E-state index contributed by atoms with van der Waals surface area (Å²) in [4.78, 5) is 4.64. The molecule has 0 heterocycles. The molecular formula is C14H18ClN3. The SMILES string of the molecule is CNNC(=Nc1ccc(C2CC2)cc1Cl)C1CC1. The number of nitrogens with zero attached hydrogens (tertiary/aromatic N) is 1. The zero-order chi connectivity index (χ0) is 12.5.